The standard InChI is InChI=1S/C19H15Cl2FN2/c20-15-11-16(22)14(10-13(15)12-6-2-1-3-7-12)19-18(21)17-8-4-5-9-24(17)23-19/h1-3,6-7,10-11H,4-5,8-9H2. The van der Waals surface area contributed by atoms with Gasteiger partial charge in [-0.3, -0.25) is 4.68 Å². The fourth-order valence-electron chi connectivity index (χ4n) is 3.19. The van der Waals surface area contributed by atoms with Crippen LogP contribution in [-0.2, 0) is 13.0 Å². The molecular weight excluding hydrogens is 346 g/mol. The van der Waals surface area contributed by atoms with E-state index in [1.165, 1.54) is 6.07 Å². The first-order valence-corrected chi connectivity index (χ1v) is 8.71. The van der Waals surface area contributed by atoms with Crippen molar-refractivity contribution in [2.24, 2.45) is 0 Å². The van der Waals surface area contributed by atoms with Gasteiger partial charge in [-0.25, -0.2) is 4.39 Å². The quantitative estimate of drug-likeness (QED) is 0.547. The molecule has 2 nitrogen and oxygen atoms in total. The van der Waals surface area contributed by atoms with Gasteiger partial charge < -0.3 is 0 Å². The predicted octanol–water partition coefficient (Wildman–Crippen LogP) is 6.00. The summed E-state index contributed by atoms with van der Waals surface area (Å²) in [6.45, 7) is 0.829. The first kappa shape index (κ1) is 15.7. The molecule has 1 aliphatic heterocycles. The number of fused-ring (bicyclic) bond motifs is 1. The highest BCUT2D eigenvalue weighted by Gasteiger charge is 2.23. The molecule has 24 heavy (non-hydrogen) atoms. The lowest BCUT2D eigenvalue weighted by atomic mass is 10.0. The number of aryl methyl sites for hydroxylation is 1. The summed E-state index contributed by atoms with van der Waals surface area (Å²) in [6.07, 6.45) is 3.04. The van der Waals surface area contributed by atoms with Crippen molar-refractivity contribution in [1.29, 1.82) is 0 Å². The van der Waals surface area contributed by atoms with Crippen LogP contribution < -0.4 is 0 Å². The molecule has 0 radical (unpaired) electrons. The van der Waals surface area contributed by atoms with Gasteiger partial charge in [-0.2, -0.15) is 5.10 Å². The maximum atomic E-state index is 14.6. The van der Waals surface area contributed by atoms with Gasteiger partial charge in [0.05, 0.1) is 15.7 Å². The fourth-order valence-corrected chi connectivity index (χ4v) is 3.79. The summed E-state index contributed by atoms with van der Waals surface area (Å²) >= 11 is 12.8. The second-order valence-corrected chi connectivity index (χ2v) is 6.75. The molecule has 0 saturated carbocycles. The Balaban J connectivity index is 1.89. The smallest absolute Gasteiger partial charge is 0.134 e. The average molecular weight is 361 g/mol. The van der Waals surface area contributed by atoms with E-state index in [0.29, 0.717) is 21.3 Å². The lowest BCUT2D eigenvalue weighted by Gasteiger charge is -2.12. The van der Waals surface area contributed by atoms with Crippen LogP contribution in [0.1, 0.15) is 18.5 Å². The molecule has 0 aliphatic carbocycles. The first-order chi connectivity index (χ1) is 11.6. The van der Waals surface area contributed by atoms with Crippen molar-refractivity contribution in [2.45, 2.75) is 25.8 Å². The number of hydrogen-bond acceptors (Lipinski definition) is 1. The van der Waals surface area contributed by atoms with Crippen molar-refractivity contribution >= 4 is 23.2 Å². The van der Waals surface area contributed by atoms with Crippen LogP contribution in [0.3, 0.4) is 0 Å². The number of rotatable bonds is 2. The number of hydrogen-bond donors (Lipinski definition) is 0. The van der Waals surface area contributed by atoms with Crippen LogP contribution >= 0.6 is 23.2 Å². The summed E-state index contributed by atoms with van der Waals surface area (Å²) in [5, 5.41) is 5.48. The highest BCUT2D eigenvalue weighted by Crippen LogP contribution is 2.38. The average Bonchev–Trinajstić information content (AvgIpc) is 2.93. The second-order valence-electron chi connectivity index (χ2n) is 5.97. The van der Waals surface area contributed by atoms with Crippen LogP contribution in [-0.4, -0.2) is 9.78 Å². The van der Waals surface area contributed by atoms with E-state index in [4.69, 9.17) is 23.2 Å². The van der Waals surface area contributed by atoms with E-state index in [1.54, 1.807) is 6.07 Å². The minimum atomic E-state index is -0.406. The number of nitrogens with zero attached hydrogens (tertiary/aromatic N) is 2. The minimum Gasteiger partial charge on any atom is -0.267 e. The van der Waals surface area contributed by atoms with Crippen molar-refractivity contribution in [3.8, 4) is 22.4 Å². The molecule has 1 aliphatic rings. The van der Waals surface area contributed by atoms with Crippen LogP contribution in [0.25, 0.3) is 22.4 Å². The molecule has 3 aromatic rings. The number of benzene rings is 2. The minimum absolute atomic E-state index is 0.377. The molecule has 2 aromatic carbocycles. The first-order valence-electron chi connectivity index (χ1n) is 7.95. The third-order valence-electron chi connectivity index (χ3n) is 4.42. The summed E-state index contributed by atoms with van der Waals surface area (Å²) in [5.74, 6) is -0.406. The van der Waals surface area contributed by atoms with Crippen molar-refractivity contribution < 1.29 is 4.39 Å². The largest absolute Gasteiger partial charge is 0.267 e. The Morgan fingerprint density at radius 2 is 1.79 bits per heavy atom. The van der Waals surface area contributed by atoms with E-state index in [-0.39, 0.29) is 0 Å². The summed E-state index contributed by atoms with van der Waals surface area (Å²) in [4.78, 5) is 0. The highest BCUT2D eigenvalue weighted by atomic mass is 35.5. The highest BCUT2D eigenvalue weighted by molar-refractivity contribution is 6.34. The van der Waals surface area contributed by atoms with Gasteiger partial charge in [0.15, 0.2) is 0 Å². The summed E-state index contributed by atoms with van der Waals surface area (Å²) in [6, 6.07) is 12.8. The molecule has 0 unspecified atom stereocenters. The monoisotopic (exact) mass is 360 g/mol. The molecule has 0 spiro atoms. The molecule has 1 aromatic heterocycles. The Morgan fingerprint density at radius 3 is 2.54 bits per heavy atom. The maximum absolute atomic E-state index is 14.6. The molecule has 0 bridgehead atoms. The number of aromatic nitrogens is 2. The molecule has 5 heteroatoms. The number of halogens is 3. The molecular formula is C19H15Cl2FN2. The molecule has 0 saturated heterocycles. The molecule has 0 N–H and O–H groups in total. The molecule has 0 atom stereocenters. The van der Waals surface area contributed by atoms with Gasteiger partial charge >= 0.3 is 0 Å². The van der Waals surface area contributed by atoms with Crippen LogP contribution in [0.15, 0.2) is 42.5 Å². The third-order valence-corrected chi connectivity index (χ3v) is 5.13. The van der Waals surface area contributed by atoms with Crippen LogP contribution in [0.4, 0.5) is 4.39 Å². The van der Waals surface area contributed by atoms with Crippen molar-refractivity contribution in [3.63, 3.8) is 0 Å². The second kappa shape index (κ2) is 6.23. The van der Waals surface area contributed by atoms with E-state index in [9.17, 15) is 4.39 Å². The zero-order valence-electron chi connectivity index (χ0n) is 12.9. The van der Waals surface area contributed by atoms with Crippen LogP contribution in [0.5, 0.6) is 0 Å². The third kappa shape index (κ3) is 2.62. The van der Waals surface area contributed by atoms with Gasteiger partial charge in [-0.15, -0.1) is 0 Å². The Labute approximate surface area is 149 Å². The van der Waals surface area contributed by atoms with Crippen LogP contribution in [0, 0.1) is 5.82 Å². The van der Waals surface area contributed by atoms with E-state index >= 15 is 0 Å². The van der Waals surface area contributed by atoms with E-state index in [1.807, 2.05) is 35.0 Å². The topological polar surface area (TPSA) is 17.8 Å². The molecule has 122 valence electrons. The SMILES string of the molecule is Fc1cc(Cl)c(-c2ccccc2)cc1-c1nn2c(c1Cl)CCCC2. The van der Waals surface area contributed by atoms with Crippen molar-refractivity contribution in [2.75, 3.05) is 0 Å². The maximum Gasteiger partial charge on any atom is 0.134 e. The van der Waals surface area contributed by atoms with Gasteiger partial charge in [-0.1, -0.05) is 53.5 Å². The normalized spacial score (nSPS) is 13.8. The fraction of sp³-hybridized carbons (Fsp3) is 0.211. The van der Waals surface area contributed by atoms with Gasteiger partial charge in [0.2, 0.25) is 0 Å². The molecule has 2 heterocycles. The molecule has 0 amide bonds. The van der Waals surface area contributed by atoms with Gasteiger partial charge in [0.1, 0.15) is 11.5 Å². The molecule has 4 rings (SSSR count). The summed E-state index contributed by atoms with van der Waals surface area (Å²) in [5.41, 5.74) is 3.60. The van der Waals surface area contributed by atoms with Gasteiger partial charge in [0.25, 0.3) is 0 Å². The van der Waals surface area contributed by atoms with Gasteiger partial charge in [-0.05, 0) is 37.0 Å². The zero-order chi connectivity index (χ0) is 16.7. The predicted molar refractivity (Wildman–Crippen MR) is 96.0 cm³/mol. The summed E-state index contributed by atoms with van der Waals surface area (Å²) in [7, 11) is 0. The van der Waals surface area contributed by atoms with E-state index in [2.05, 4.69) is 5.10 Å². The van der Waals surface area contributed by atoms with E-state index in [0.717, 1.165) is 42.6 Å². The summed E-state index contributed by atoms with van der Waals surface area (Å²) < 4.78 is 16.5. The van der Waals surface area contributed by atoms with Crippen molar-refractivity contribution in [1.82, 2.24) is 9.78 Å². The lowest BCUT2D eigenvalue weighted by molar-refractivity contribution is 0.487. The van der Waals surface area contributed by atoms with Crippen molar-refractivity contribution in [3.05, 3.63) is 64.0 Å². The Bertz CT molecular complexity index is 903. The van der Waals surface area contributed by atoms with Gasteiger partial charge in [0, 0.05) is 17.7 Å². The Hall–Kier alpha value is -1.84. The van der Waals surface area contributed by atoms with Crippen LogP contribution in [0.2, 0.25) is 10.0 Å². The van der Waals surface area contributed by atoms with E-state index < -0.39 is 5.82 Å². The Morgan fingerprint density at radius 1 is 1.00 bits per heavy atom. The zero-order valence-corrected chi connectivity index (χ0v) is 14.4. The lowest BCUT2D eigenvalue weighted by Crippen LogP contribution is -2.10. The Kier molecular flexibility index (Phi) is 4.07. The molecule has 0 fully saturated rings.